The number of rotatable bonds is 14. The van der Waals surface area contributed by atoms with Gasteiger partial charge in [-0.15, -0.1) is 10.2 Å². The molecule has 158 valence electrons. The number of aryl methyl sites for hydroxylation is 1. The van der Waals surface area contributed by atoms with Gasteiger partial charge in [0.2, 0.25) is 5.13 Å². The maximum Gasteiger partial charge on any atom is 0.274 e. The summed E-state index contributed by atoms with van der Waals surface area (Å²) in [5, 5.41) is 26.7. The molecule has 0 bridgehead atoms. The fourth-order valence-corrected chi connectivity index (χ4v) is 4.71. The summed E-state index contributed by atoms with van der Waals surface area (Å²) in [5.74, 6) is 3.58. The molecule has 4 N–H and O–H groups in total. The second-order valence-electron chi connectivity index (χ2n) is 5.56. The summed E-state index contributed by atoms with van der Waals surface area (Å²) in [4.78, 5) is 14.6. The van der Waals surface area contributed by atoms with Crippen LogP contribution in [0.25, 0.3) is 0 Å². The third kappa shape index (κ3) is 10.0. The highest BCUT2D eigenvalue weighted by atomic mass is 35.5. The van der Waals surface area contributed by atoms with E-state index in [0.717, 1.165) is 40.6 Å². The molecule has 0 amide bonds. The van der Waals surface area contributed by atoms with E-state index in [2.05, 4.69) is 25.8 Å². The van der Waals surface area contributed by atoms with Crippen LogP contribution in [0.4, 0.5) is 5.13 Å². The monoisotopic (exact) mass is 475 g/mol. The lowest BCUT2D eigenvalue weighted by Crippen LogP contribution is -2.30. The Morgan fingerprint density at radius 1 is 1.28 bits per heavy atom. The van der Waals surface area contributed by atoms with E-state index < -0.39 is 4.92 Å². The zero-order valence-corrected chi connectivity index (χ0v) is 18.7. The third-order valence-electron chi connectivity index (χ3n) is 3.37. The Hall–Kier alpha value is -1.76. The molecular weight excluding hydrogens is 454 g/mol. The van der Waals surface area contributed by atoms with E-state index in [-0.39, 0.29) is 0 Å². The highest BCUT2D eigenvalue weighted by molar-refractivity contribution is 7.99. The Morgan fingerprint density at radius 2 is 2.03 bits per heavy atom. The van der Waals surface area contributed by atoms with Gasteiger partial charge in [-0.05, 0) is 17.9 Å². The first kappa shape index (κ1) is 23.5. The second-order valence-corrected chi connectivity index (χ2v) is 9.39. The molecule has 13 heteroatoms. The first-order valence-corrected chi connectivity index (χ1v) is 12.2. The molecule has 29 heavy (non-hydrogen) atoms. The number of nitro groups is 1. The molecule has 2 aromatic heterocycles. The predicted molar refractivity (Wildman–Crippen MR) is 122 cm³/mol. The van der Waals surface area contributed by atoms with Gasteiger partial charge >= 0.3 is 0 Å². The number of nitrogens with two attached hydrogens (primary N) is 1. The van der Waals surface area contributed by atoms with Crippen molar-refractivity contribution in [3.63, 3.8) is 0 Å². The van der Waals surface area contributed by atoms with Crippen LogP contribution < -0.4 is 16.4 Å². The molecule has 0 atom stereocenters. The number of nitrogens with zero attached hydrogens (tertiary/aromatic N) is 4. The average Bonchev–Trinajstić information content (AvgIpc) is 3.10. The van der Waals surface area contributed by atoms with Crippen molar-refractivity contribution in [2.45, 2.75) is 12.2 Å². The Labute approximate surface area is 186 Å². The fourth-order valence-electron chi connectivity index (χ4n) is 2.10. The van der Waals surface area contributed by atoms with Gasteiger partial charge in [-0.3, -0.25) is 15.1 Å². The van der Waals surface area contributed by atoms with Crippen molar-refractivity contribution in [3.05, 3.63) is 56.2 Å². The first-order chi connectivity index (χ1) is 14.0. The lowest BCUT2D eigenvalue weighted by molar-refractivity contribution is -0.404. The van der Waals surface area contributed by atoms with Crippen molar-refractivity contribution < 1.29 is 4.92 Å². The van der Waals surface area contributed by atoms with E-state index in [0.29, 0.717) is 34.8 Å². The largest absolute Gasteiger partial charge is 0.374 e. The molecule has 0 aliphatic carbocycles. The summed E-state index contributed by atoms with van der Waals surface area (Å²) in [6, 6.07) is 3.61. The Balaban J connectivity index is 1.59. The van der Waals surface area contributed by atoms with Crippen molar-refractivity contribution in [2.75, 3.05) is 36.1 Å². The van der Waals surface area contributed by atoms with Crippen LogP contribution >= 0.6 is 46.5 Å². The highest BCUT2D eigenvalue weighted by Gasteiger charge is 2.05. The van der Waals surface area contributed by atoms with Crippen LogP contribution in [-0.2, 0) is 12.2 Å². The molecule has 0 spiro atoms. The minimum atomic E-state index is -0.469. The van der Waals surface area contributed by atoms with Crippen molar-refractivity contribution in [3.8, 4) is 0 Å². The molecule has 2 rings (SSSR count). The number of aromatic nitrogens is 3. The topological polar surface area (TPSA) is 132 Å². The van der Waals surface area contributed by atoms with Crippen molar-refractivity contribution in [2.24, 2.45) is 0 Å². The average molecular weight is 476 g/mol. The zero-order chi connectivity index (χ0) is 20.9. The number of anilines is 1. The summed E-state index contributed by atoms with van der Waals surface area (Å²) in [7, 11) is 0. The Morgan fingerprint density at radius 3 is 2.69 bits per heavy atom. The molecule has 0 saturated carbocycles. The van der Waals surface area contributed by atoms with E-state index >= 15 is 0 Å². The van der Waals surface area contributed by atoms with Gasteiger partial charge in [0, 0.05) is 43.0 Å². The van der Waals surface area contributed by atoms with Gasteiger partial charge in [-0.2, -0.15) is 23.5 Å². The number of pyridine rings is 1. The number of nitrogens with one attached hydrogen (secondary N) is 2. The molecule has 0 saturated heterocycles. The van der Waals surface area contributed by atoms with Crippen LogP contribution in [0.5, 0.6) is 0 Å². The van der Waals surface area contributed by atoms with Crippen LogP contribution in [0.15, 0.2) is 30.4 Å². The summed E-state index contributed by atoms with van der Waals surface area (Å²) in [6.07, 6.45) is 3.48. The quantitative estimate of drug-likeness (QED) is 0.213. The maximum absolute atomic E-state index is 10.8. The summed E-state index contributed by atoms with van der Waals surface area (Å²) < 4.78 is 0. The molecular formula is C16H22ClN7O2S3. The van der Waals surface area contributed by atoms with Gasteiger partial charge in [-0.1, -0.05) is 22.9 Å². The van der Waals surface area contributed by atoms with Gasteiger partial charge in [-0.25, -0.2) is 0 Å². The molecule has 0 aromatic carbocycles. The van der Waals surface area contributed by atoms with Crippen molar-refractivity contribution in [1.29, 1.82) is 0 Å². The molecule has 2 aromatic rings. The highest BCUT2D eigenvalue weighted by Crippen LogP contribution is 2.18. The van der Waals surface area contributed by atoms with Gasteiger partial charge in [0.1, 0.15) is 5.01 Å². The minimum absolute atomic E-state index is 0.406. The Kier molecular flexibility index (Phi) is 10.9. The third-order valence-corrected chi connectivity index (χ3v) is 6.49. The lowest BCUT2D eigenvalue weighted by Gasteiger charge is -2.11. The lowest BCUT2D eigenvalue weighted by atomic mass is 10.4. The molecule has 2 heterocycles. The van der Waals surface area contributed by atoms with Crippen molar-refractivity contribution in [1.82, 2.24) is 25.8 Å². The van der Waals surface area contributed by atoms with Gasteiger partial charge in [0.15, 0.2) is 5.82 Å². The van der Waals surface area contributed by atoms with Crippen LogP contribution in [0, 0.1) is 10.1 Å². The van der Waals surface area contributed by atoms with Crippen LogP contribution in [0.3, 0.4) is 0 Å². The maximum atomic E-state index is 10.8. The van der Waals surface area contributed by atoms with Gasteiger partial charge in [0.05, 0.1) is 15.6 Å². The predicted octanol–water partition coefficient (Wildman–Crippen LogP) is 2.63. The standard InChI is InChI=1S/C16H22ClN7O2S3/c17-12-2-1-4-19-13(12)11-28-9-6-21-14(10-24(25)26)20-5-8-27-7-3-15-22-23-16(18)29-15/h1-2,4,10,20-21H,3,5-9,11H2,(H2,18,23). The van der Waals surface area contributed by atoms with Crippen LogP contribution in [-0.4, -0.2) is 50.5 Å². The van der Waals surface area contributed by atoms with Gasteiger partial charge < -0.3 is 16.4 Å². The molecule has 0 unspecified atom stereocenters. The zero-order valence-electron chi connectivity index (χ0n) is 15.5. The van der Waals surface area contributed by atoms with E-state index in [9.17, 15) is 10.1 Å². The number of halogens is 1. The second kappa shape index (κ2) is 13.5. The SMILES string of the molecule is Nc1nnc(CCSCCNC(=C[N+](=O)[O-])NCCSCc2ncccc2Cl)s1. The summed E-state index contributed by atoms with van der Waals surface area (Å²) in [5.41, 5.74) is 6.39. The van der Waals surface area contributed by atoms with Crippen LogP contribution in [0.2, 0.25) is 5.02 Å². The van der Waals surface area contributed by atoms with E-state index in [1.165, 1.54) is 11.3 Å². The smallest absolute Gasteiger partial charge is 0.274 e. The number of hydrogen-bond acceptors (Lipinski definition) is 11. The molecule has 0 aliphatic rings. The molecule has 0 radical (unpaired) electrons. The summed E-state index contributed by atoms with van der Waals surface area (Å²) in [6.45, 7) is 1.21. The number of thioether (sulfide) groups is 2. The normalized spacial score (nSPS) is 11.4. The fraction of sp³-hybridized carbons (Fsp3) is 0.438. The van der Waals surface area contributed by atoms with Crippen LogP contribution in [0.1, 0.15) is 10.7 Å². The van der Waals surface area contributed by atoms with E-state index in [1.54, 1.807) is 35.8 Å². The minimum Gasteiger partial charge on any atom is -0.374 e. The molecule has 0 fully saturated rings. The van der Waals surface area contributed by atoms with Crippen molar-refractivity contribution >= 4 is 51.6 Å². The first-order valence-electron chi connectivity index (χ1n) is 8.70. The number of hydrogen-bond donors (Lipinski definition) is 3. The summed E-state index contributed by atoms with van der Waals surface area (Å²) >= 11 is 10.9. The van der Waals surface area contributed by atoms with Gasteiger partial charge in [0.25, 0.3) is 6.20 Å². The number of nitrogen functional groups attached to an aromatic ring is 1. The molecule has 0 aliphatic heterocycles. The van der Waals surface area contributed by atoms with E-state index in [4.69, 9.17) is 17.3 Å². The molecule has 9 nitrogen and oxygen atoms in total. The Bertz CT molecular complexity index is 806. The van der Waals surface area contributed by atoms with E-state index in [1.807, 2.05) is 6.07 Å².